The number of hydrogen-bond donors (Lipinski definition) is 1. The molecule has 0 radical (unpaired) electrons. The number of nitrogens with one attached hydrogen (secondary N) is 1. The van der Waals surface area contributed by atoms with Gasteiger partial charge in [-0.25, -0.2) is 4.79 Å². The Kier molecular flexibility index (Phi) is 5.83. The quantitative estimate of drug-likeness (QED) is 0.883. The second-order valence-corrected chi connectivity index (χ2v) is 7.79. The first-order chi connectivity index (χ1) is 11.6. The number of ether oxygens (including phenoxy) is 1. The van der Waals surface area contributed by atoms with Gasteiger partial charge >= 0.3 is 6.09 Å². The number of halogens is 1. The number of amides is 2. The van der Waals surface area contributed by atoms with Gasteiger partial charge in [-0.15, -0.1) is 0 Å². The fourth-order valence-corrected chi connectivity index (χ4v) is 3.10. The number of benzene rings is 1. The lowest BCUT2D eigenvalue weighted by Crippen LogP contribution is -2.45. The summed E-state index contributed by atoms with van der Waals surface area (Å²) in [4.78, 5) is 28.3. The van der Waals surface area contributed by atoms with Crippen LogP contribution >= 0.6 is 11.6 Å². The minimum absolute atomic E-state index is 0.225. The molecule has 1 aliphatic rings. The second-order valence-electron chi connectivity index (χ2n) is 7.38. The van der Waals surface area contributed by atoms with Crippen molar-refractivity contribution in [3.63, 3.8) is 0 Å². The van der Waals surface area contributed by atoms with Crippen LogP contribution in [0.1, 0.15) is 33.6 Å². The molecule has 1 atom stereocenters. The fourth-order valence-electron chi connectivity index (χ4n) is 2.75. The number of carbonyl (C=O) groups is 2. The van der Waals surface area contributed by atoms with Gasteiger partial charge in [0.15, 0.2) is 0 Å². The topological polar surface area (TPSA) is 61.9 Å². The van der Waals surface area contributed by atoms with Crippen molar-refractivity contribution in [2.75, 3.05) is 30.9 Å². The SMILES string of the molecule is CN(C)c1ccc(NC(=O)[C@@H]2CCCN2C(=O)OC(C)(C)C)cc1Cl. The minimum Gasteiger partial charge on any atom is -0.444 e. The van der Waals surface area contributed by atoms with Crippen molar-refractivity contribution in [3.05, 3.63) is 23.2 Å². The maximum absolute atomic E-state index is 12.6. The van der Waals surface area contributed by atoms with Crippen LogP contribution in [0.2, 0.25) is 5.02 Å². The highest BCUT2D eigenvalue weighted by molar-refractivity contribution is 6.33. The number of rotatable bonds is 3. The van der Waals surface area contributed by atoms with Crippen LogP contribution in [0.3, 0.4) is 0 Å². The number of nitrogens with zero attached hydrogens (tertiary/aromatic N) is 2. The molecule has 1 N–H and O–H groups in total. The van der Waals surface area contributed by atoms with Crippen molar-refractivity contribution >= 4 is 35.0 Å². The van der Waals surface area contributed by atoms with Crippen molar-refractivity contribution in [2.24, 2.45) is 0 Å². The van der Waals surface area contributed by atoms with E-state index in [-0.39, 0.29) is 5.91 Å². The summed E-state index contributed by atoms with van der Waals surface area (Å²) >= 11 is 6.24. The Labute approximate surface area is 154 Å². The normalized spacial score (nSPS) is 17.4. The van der Waals surface area contributed by atoms with E-state index in [2.05, 4.69) is 5.32 Å². The largest absolute Gasteiger partial charge is 0.444 e. The molecule has 138 valence electrons. The third-order valence-electron chi connectivity index (χ3n) is 3.88. The van der Waals surface area contributed by atoms with Gasteiger partial charge in [-0.05, 0) is 51.8 Å². The standard InChI is InChI=1S/C18H26ClN3O3/c1-18(2,3)25-17(24)22-10-6-7-15(22)16(23)20-12-8-9-14(21(4)5)13(19)11-12/h8-9,11,15H,6-7,10H2,1-5H3,(H,20,23)/t15-/m0/s1. The lowest BCUT2D eigenvalue weighted by molar-refractivity contribution is -0.120. The van der Waals surface area contributed by atoms with E-state index < -0.39 is 17.7 Å². The van der Waals surface area contributed by atoms with E-state index in [1.54, 1.807) is 12.1 Å². The van der Waals surface area contributed by atoms with Gasteiger partial charge < -0.3 is 15.0 Å². The molecule has 1 aromatic rings. The number of anilines is 2. The van der Waals surface area contributed by atoms with Gasteiger partial charge in [0.05, 0.1) is 10.7 Å². The lowest BCUT2D eigenvalue weighted by Gasteiger charge is -2.28. The van der Waals surface area contributed by atoms with E-state index in [1.165, 1.54) is 4.90 Å². The zero-order valence-corrected chi connectivity index (χ0v) is 16.2. The third kappa shape index (κ3) is 5.01. The molecule has 0 aromatic heterocycles. The Morgan fingerprint density at radius 2 is 2.00 bits per heavy atom. The van der Waals surface area contributed by atoms with E-state index in [9.17, 15) is 9.59 Å². The highest BCUT2D eigenvalue weighted by Crippen LogP contribution is 2.28. The van der Waals surface area contributed by atoms with Crippen molar-refractivity contribution < 1.29 is 14.3 Å². The summed E-state index contributed by atoms with van der Waals surface area (Å²) in [6, 6.07) is 4.83. The van der Waals surface area contributed by atoms with E-state index in [4.69, 9.17) is 16.3 Å². The van der Waals surface area contributed by atoms with Crippen LogP contribution in [0.5, 0.6) is 0 Å². The van der Waals surface area contributed by atoms with Gasteiger partial charge in [-0.3, -0.25) is 9.69 Å². The van der Waals surface area contributed by atoms with Crippen molar-refractivity contribution in [1.82, 2.24) is 4.90 Å². The van der Waals surface area contributed by atoms with Crippen LogP contribution in [-0.2, 0) is 9.53 Å². The summed E-state index contributed by atoms with van der Waals surface area (Å²) < 4.78 is 5.39. The minimum atomic E-state index is -0.587. The maximum atomic E-state index is 12.6. The maximum Gasteiger partial charge on any atom is 0.410 e. The highest BCUT2D eigenvalue weighted by Gasteiger charge is 2.36. The molecule has 0 saturated carbocycles. The molecule has 0 unspecified atom stereocenters. The molecule has 0 aliphatic carbocycles. The molecule has 1 aromatic carbocycles. The van der Waals surface area contributed by atoms with Crippen LogP contribution in [0.15, 0.2) is 18.2 Å². The molecule has 25 heavy (non-hydrogen) atoms. The Hall–Kier alpha value is -1.95. The molecule has 1 heterocycles. The van der Waals surface area contributed by atoms with E-state index in [1.807, 2.05) is 45.8 Å². The summed E-state index contributed by atoms with van der Waals surface area (Å²) in [5.74, 6) is -0.225. The van der Waals surface area contributed by atoms with Gasteiger partial charge in [0.2, 0.25) is 5.91 Å². The van der Waals surface area contributed by atoms with Crippen molar-refractivity contribution in [1.29, 1.82) is 0 Å². The molecule has 1 aliphatic heterocycles. The average molecular weight is 368 g/mol. The average Bonchev–Trinajstić information content (AvgIpc) is 2.94. The van der Waals surface area contributed by atoms with E-state index >= 15 is 0 Å². The summed E-state index contributed by atoms with van der Waals surface area (Å²) in [5.41, 5.74) is 0.892. The molecular formula is C18H26ClN3O3. The Balaban J connectivity index is 2.07. The van der Waals surface area contributed by atoms with Gasteiger partial charge in [0.1, 0.15) is 11.6 Å². The van der Waals surface area contributed by atoms with Gasteiger partial charge in [0, 0.05) is 26.3 Å². The smallest absolute Gasteiger partial charge is 0.410 e. The molecule has 0 spiro atoms. The number of carbonyl (C=O) groups excluding carboxylic acids is 2. The van der Waals surface area contributed by atoms with Crippen LogP contribution in [-0.4, -0.2) is 49.2 Å². The first-order valence-corrected chi connectivity index (χ1v) is 8.73. The zero-order valence-electron chi connectivity index (χ0n) is 15.4. The van der Waals surface area contributed by atoms with Crippen LogP contribution in [0.25, 0.3) is 0 Å². The highest BCUT2D eigenvalue weighted by atomic mass is 35.5. The molecular weight excluding hydrogens is 342 g/mol. The Morgan fingerprint density at radius 3 is 2.56 bits per heavy atom. The summed E-state index contributed by atoms with van der Waals surface area (Å²) in [6.45, 7) is 5.95. The Bertz CT molecular complexity index is 655. The van der Waals surface area contributed by atoms with E-state index in [0.29, 0.717) is 23.7 Å². The summed E-state index contributed by atoms with van der Waals surface area (Å²) in [6.07, 6.45) is 0.942. The van der Waals surface area contributed by atoms with Crippen LogP contribution in [0, 0.1) is 0 Å². The van der Waals surface area contributed by atoms with Gasteiger partial charge in [-0.2, -0.15) is 0 Å². The first kappa shape index (κ1) is 19.4. The molecule has 7 heteroatoms. The molecule has 6 nitrogen and oxygen atoms in total. The number of likely N-dealkylation sites (tertiary alicyclic amines) is 1. The first-order valence-electron chi connectivity index (χ1n) is 8.36. The third-order valence-corrected chi connectivity index (χ3v) is 4.18. The second kappa shape index (κ2) is 7.52. The van der Waals surface area contributed by atoms with Crippen molar-refractivity contribution in [3.8, 4) is 0 Å². The Morgan fingerprint density at radius 1 is 1.32 bits per heavy atom. The predicted molar refractivity (Wildman–Crippen MR) is 100 cm³/mol. The monoisotopic (exact) mass is 367 g/mol. The zero-order chi connectivity index (χ0) is 18.8. The predicted octanol–water partition coefficient (Wildman–Crippen LogP) is 3.74. The summed E-state index contributed by atoms with van der Waals surface area (Å²) in [7, 11) is 3.80. The van der Waals surface area contributed by atoms with E-state index in [0.717, 1.165) is 12.1 Å². The van der Waals surface area contributed by atoms with Gasteiger partial charge in [0.25, 0.3) is 0 Å². The number of hydrogen-bond acceptors (Lipinski definition) is 4. The summed E-state index contributed by atoms with van der Waals surface area (Å²) in [5, 5.41) is 3.40. The fraction of sp³-hybridized carbons (Fsp3) is 0.556. The molecule has 0 bridgehead atoms. The van der Waals surface area contributed by atoms with Gasteiger partial charge in [-0.1, -0.05) is 11.6 Å². The van der Waals surface area contributed by atoms with Crippen molar-refractivity contribution in [2.45, 2.75) is 45.3 Å². The lowest BCUT2D eigenvalue weighted by atomic mass is 10.2. The molecule has 2 rings (SSSR count). The van der Waals surface area contributed by atoms with Crippen LogP contribution < -0.4 is 10.2 Å². The molecule has 1 saturated heterocycles. The molecule has 2 amide bonds. The van der Waals surface area contributed by atoms with Crippen LogP contribution in [0.4, 0.5) is 16.2 Å². The molecule has 1 fully saturated rings.